The maximum atomic E-state index is 11.0. The molecule has 1 saturated heterocycles. The molecule has 0 aliphatic carbocycles. The van der Waals surface area contributed by atoms with Crippen molar-refractivity contribution in [2.45, 2.75) is 31.7 Å². The Balaban J connectivity index is 1.89. The Labute approximate surface area is 99.0 Å². The molecule has 5 heteroatoms. The Kier molecular flexibility index (Phi) is 3.90. The maximum absolute atomic E-state index is 11.0. The topological polar surface area (TPSA) is 51.2 Å². The second kappa shape index (κ2) is 5.41. The summed E-state index contributed by atoms with van der Waals surface area (Å²) in [7, 11) is 1.41. The summed E-state index contributed by atoms with van der Waals surface area (Å²) in [5, 5.41) is 6.61. The van der Waals surface area contributed by atoms with Crippen molar-refractivity contribution in [3.8, 4) is 0 Å². The lowest BCUT2D eigenvalue weighted by atomic mass is 10.2. The van der Waals surface area contributed by atoms with Gasteiger partial charge in [0.1, 0.15) is 5.01 Å². The van der Waals surface area contributed by atoms with Gasteiger partial charge in [-0.3, -0.25) is 4.79 Å². The lowest BCUT2D eigenvalue weighted by Gasteiger charge is -2.04. The number of hydrogen-bond donors (Lipinski definition) is 1. The summed E-state index contributed by atoms with van der Waals surface area (Å²) in [5.41, 5.74) is 0.999. The third kappa shape index (κ3) is 2.80. The second-order valence-corrected chi connectivity index (χ2v) is 4.79. The van der Waals surface area contributed by atoms with Crippen LogP contribution in [-0.4, -0.2) is 24.6 Å². The second-order valence-electron chi connectivity index (χ2n) is 3.90. The fourth-order valence-electron chi connectivity index (χ4n) is 1.83. The van der Waals surface area contributed by atoms with E-state index in [0.29, 0.717) is 18.9 Å². The number of nitrogens with one attached hydrogen (secondary N) is 1. The van der Waals surface area contributed by atoms with Crippen LogP contribution in [0.3, 0.4) is 0 Å². The highest BCUT2D eigenvalue weighted by Gasteiger charge is 2.19. The third-order valence-corrected chi connectivity index (χ3v) is 3.75. The van der Waals surface area contributed by atoms with Gasteiger partial charge in [-0.05, 0) is 19.4 Å². The number of esters is 1. The molecule has 1 aromatic heterocycles. The highest BCUT2D eigenvalue weighted by atomic mass is 32.1. The number of nitrogens with zero attached hydrogens (tertiary/aromatic N) is 1. The molecule has 0 spiro atoms. The van der Waals surface area contributed by atoms with Gasteiger partial charge >= 0.3 is 5.97 Å². The van der Waals surface area contributed by atoms with Crippen molar-refractivity contribution in [3.63, 3.8) is 0 Å². The Bertz CT molecular complexity index is 359. The van der Waals surface area contributed by atoms with Crippen LogP contribution in [0, 0.1) is 0 Å². The molecule has 16 heavy (non-hydrogen) atoms. The minimum Gasteiger partial charge on any atom is -0.469 e. The van der Waals surface area contributed by atoms with Gasteiger partial charge in [-0.15, -0.1) is 11.3 Å². The Morgan fingerprint density at radius 3 is 3.31 bits per heavy atom. The Morgan fingerprint density at radius 1 is 1.75 bits per heavy atom. The predicted molar refractivity (Wildman–Crippen MR) is 62.4 cm³/mol. The van der Waals surface area contributed by atoms with Gasteiger partial charge in [0.2, 0.25) is 0 Å². The molecule has 88 valence electrons. The molecule has 2 heterocycles. The fraction of sp³-hybridized carbons (Fsp3) is 0.636. The first-order chi connectivity index (χ1) is 7.79. The summed E-state index contributed by atoms with van der Waals surface area (Å²) in [4.78, 5) is 15.5. The quantitative estimate of drug-likeness (QED) is 0.813. The van der Waals surface area contributed by atoms with Crippen molar-refractivity contribution in [3.05, 3.63) is 16.1 Å². The highest BCUT2D eigenvalue weighted by molar-refractivity contribution is 7.09. The van der Waals surface area contributed by atoms with E-state index in [-0.39, 0.29) is 5.97 Å². The van der Waals surface area contributed by atoms with Crippen LogP contribution in [-0.2, 0) is 16.0 Å². The molecular formula is C11H16N2O2S. The smallest absolute Gasteiger partial charge is 0.305 e. The number of rotatable bonds is 4. The van der Waals surface area contributed by atoms with Crippen molar-refractivity contribution < 1.29 is 9.53 Å². The Morgan fingerprint density at radius 2 is 2.62 bits per heavy atom. The molecule has 0 amide bonds. The van der Waals surface area contributed by atoms with E-state index in [1.54, 1.807) is 11.3 Å². The van der Waals surface area contributed by atoms with Gasteiger partial charge in [0.25, 0.3) is 0 Å². The molecule has 1 atom stereocenters. The van der Waals surface area contributed by atoms with Gasteiger partial charge in [0, 0.05) is 11.8 Å². The standard InChI is InChI=1S/C11H16N2O2S/c1-15-10(14)5-4-8-7-16-11(13-8)9-3-2-6-12-9/h7,9,12H,2-6H2,1H3. The number of methoxy groups -OCH3 is 1. The molecule has 1 aliphatic heterocycles. The number of thiazole rings is 1. The van der Waals surface area contributed by atoms with Gasteiger partial charge in [0.05, 0.1) is 25.3 Å². The normalized spacial score (nSPS) is 19.9. The first kappa shape index (κ1) is 11.5. The van der Waals surface area contributed by atoms with Crippen molar-refractivity contribution >= 4 is 17.3 Å². The fourth-order valence-corrected chi connectivity index (χ4v) is 2.79. The molecule has 2 rings (SSSR count). The van der Waals surface area contributed by atoms with E-state index in [0.717, 1.165) is 17.2 Å². The molecule has 1 fully saturated rings. The van der Waals surface area contributed by atoms with E-state index in [1.165, 1.54) is 20.0 Å². The van der Waals surface area contributed by atoms with E-state index < -0.39 is 0 Å². The van der Waals surface area contributed by atoms with Crippen molar-refractivity contribution in [2.75, 3.05) is 13.7 Å². The van der Waals surface area contributed by atoms with Crippen LogP contribution >= 0.6 is 11.3 Å². The molecule has 1 N–H and O–H groups in total. The summed E-state index contributed by atoms with van der Waals surface area (Å²) in [5.74, 6) is -0.173. The summed E-state index contributed by atoms with van der Waals surface area (Å²) in [6.45, 7) is 1.09. The van der Waals surface area contributed by atoms with Crippen molar-refractivity contribution in [2.24, 2.45) is 0 Å². The zero-order valence-electron chi connectivity index (χ0n) is 9.36. The summed E-state index contributed by atoms with van der Waals surface area (Å²) < 4.78 is 4.60. The Hall–Kier alpha value is -0.940. The zero-order chi connectivity index (χ0) is 11.4. The third-order valence-electron chi connectivity index (χ3n) is 2.74. The summed E-state index contributed by atoms with van der Waals surface area (Å²) in [6.07, 6.45) is 3.49. The van der Waals surface area contributed by atoms with Gasteiger partial charge in [-0.2, -0.15) is 0 Å². The van der Waals surface area contributed by atoms with E-state index in [1.807, 2.05) is 5.38 Å². The van der Waals surface area contributed by atoms with Gasteiger partial charge in [0.15, 0.2) is 0 Å². The van der Waals surface area contributed by atoms with Gasteiger partial charge in [-0.1, -0.05) is 0 Å². The molecule has 1 aromatic rings. The van der Waals surface area contributed by atoms with E-state index in [4.69, 9.17) is 0 Å². The SMILES string of the molecule is COC(=O)CCc1csc(C2CCCN2)n1. The van der Waals surface area contributed by atoms with Gasteiger partial charge < -0.3 is 10.1 Å². The minimum absolute atomic E-state index is 0.173. The van der Waals surface area contributed by atoms with Crippen LogP contribution in [0.2, 0.25) is 0 Å². The van der Waals surface area contributed by atoms with Crippen LogP contribution < -0.4 is 5.32 Å². The van der Waals surface area contributed by atoms with E-state index in [9.17, 15) is 4.79 Å². The van der Waals surface area contributed by atoms with Crippen LogP contribution in [0.4, 0.5) is 0 Å². The number of carbonyl (C=O) groups is 1. The molecule has 1 aliphatic rings. The summed E-state index contributed by atoms with van der Waals surface area (Å²) in [6, 6.07) is 0.428. The molecule has 4 nitrogen and oxygen atoms in total. The van der Waals surface area contributed by atoms with Crippen LogP contribution in [0.25, 0.3) is 0 Å². The highest BCUT2D eigenvalue weighted by Crippen LogP contribution is 2.26. The van der Waals surface area contributed by atoms with E-state index >= 15 is 0 Å². The maximum Gasteiger partial charge on any atom is 0.305 e. The lowest BCUT2D eigenvalue weighted by molar-refractivity contribution is -0.140. The largest absolute Gasteiger partial charge is 0.469 e. The molecule has 0 bridgehead atoms. The average Bonchev–Trinajstić information content (AvgIpc) is 2.95. The minimum atomic E-state index is -0.173. The van der Waals surface area contributed by atoms with Crippen molar-refractivity contribution in [1.29, 1.82) is 0 Å². The number of hydrogen-bond acceptors (Lipinski definition) is 5. The number of carbonyl (C=O) groups excluding carboxylic acids is 1. The molecule has 0 aromatic carbocycles. The van der Waals surface area contributed by atoms with Crippen molar-refractivity contribution in [1.82, 2.24) is 10.3 Å². The van der Waals surface area contributed by atoms with E-state index in [2.05, 4.69) is 15.0 Å². The molecule has 1 unspecified atom stereocenters. The van der Waals surface area contributed by atoms with Gasteiger partial charge in [-0.25, -0.2) is 4.98 Å². The summed E-state index contributed by atoms with van der Waals surface area (Å²) >= 11 is 1.68. The monoisotopic (exact) mass is 240 g/mol. The van der Waals surface area contributed by atoms with Crippen LogP contribution in [0.5, 0.6) is 0 Å². The molecule has 0 saturated carbocycles. The zero-order valence-corrected chi connectivity index (χ0v) is 10.2. The first-order valence-corrected chi connectivity index (χ1v) is 6.42. The number of aromatic nitrogens is 1. The first-order valence-electron chi connectivity index (χ1n) is 5.54. The average molecular weight is 240 g/mol. The number of aryl methyl sites for hydroxylation is 1. The lowest BCUT2D eigenvalue weighted by Crippen LogP contribution is -2.12. The molecular weight excluding hydrogens is 224 g/mol. The van der Waals surface area contributed by atoms with Crippen LogP contribution in [0.1, 0.15) is 36.0 Å². The predicted octanol–water partition coefficient (Wildman–Crippen LogP) is 1.67. The van der Waals surface area contributed by atoms with Crippen LogP contribution in [0.15, 0.2) is 5.38 Å². The molecule has 0 radical (unpaired) electrons. The number of ether oxygens (including phenoxy) is 1.